The fraction of sp³-hybridized carbons (Fsp3) is 0.286. The highest BCUT2D eigenvalue weighted by Crippen LogP contribution is 2.27. The molecule has 1 heterocycles. The van der Waals surface area contributed by atoms with Crippen molar-refractivity contribution in [2.24, 2.45) is 0 Å². The summed E-state index contributed by atoms with van der Waals surface area (Å²) in [6.07, 6.45) is 1.69. The Morgan fingerprint density at radius 2 is 2.00 bits per heavy atom. The zero-order chi connectivity index (χ0) is 10.9. The standard InChI is InChI=1S/C14H15O/c1-14(2,3)12-7-4-6-11(10-12)13-8-5-9-15-13/h4-5,7-10H,1-3H3. The molecule has 0 bridgehead atoms. The van der Waals surface area contributed by atoms with E-state index in [2.05, 4.69) is 39.0 Å². The molecule has 0 spiro atoms. The number of benzene rings is 1. The molecule has 77 valence electrons. The van der Waals surface area contributed by atoms with Crippen LogP contribution in [-0.4, -0.2) is 0 Å². The van der Waals surface area contributed by atoms with Crippen LogP contribution >= 0.6 is 0 Å². The summed E-state index contributed by atoms with van der Waals surface area (Å²) in [5, 5.41) is 0. The van der Waals surface area contributed by atoms with Gasteiger partial charge in [0.2, 0.25) is 0 Å². The lowest BCUT2D eigenvalue weighted by Crippen LogP contribution is -2.10. The van der Waals surface area contributed by atoms with Gasteiger partial charge in [0.25, 0.3) is 0 Å². The van der Waals surface area contributed by atoms with E-state index in [1.165, 1.54) is 5.56 Å². The van der Waals surface area contributed by atoms with Crippen LogP contribution in [0.2, 0.25) is 0 Å². The smallest absolute Gasteiger partial charge is 0.134 e. The van der Waals surface area contributed by atoms with Gasteiger partial charge in [0.15, 0.2) is 0 Å². The van der Waals surface area contributed by atoms with Crippen LogP contribution in [0.5, 0.6) is 0 Å². The third-order valence-corrected chi connectivity index (χ3v) is 2.45. The number of rotatable bonds is 1. The minimum absolute atomic E-state index is 0.163. The highest BCUT2D eigenvalue weighted by molar-refractivity contribution is 5.57. The van der Waals surface area contributed by atoms with Gasteiger partial charge in [0.05, 0.1) is 6.26 Å². The van der Waals surface area contributed by atoms with Gasteiger partial charge in [-0.25, -0.2) is 0 Å². The van der Waals surface area contributed by atoms with Crippen molar-refractivity contribution < 1.29 is 4.42 Å². The Morgan fingerprint density at radius 1 is 1.20 bits per heavy atom. The topological polar surface area (TPSA) is 13.1 Å². The maximum Gasteiger partial charge on any atom is 0.134 e. The lowest BCUT2D eigenvalue weighted by molar-refractivity contribution is 0.578. The van der Waals surface area contributed by atoms with Crippen LogP contribution in [0.4, 0.5) is 0 Å². The normalized spacial score (nSPS) is 11.7. The summed E-state index contributed by atoms with van der Waals surface area (Å²) < 4.78 is 5.36. The van der Waals surface area contributed by atoms with E-state index in [0.717, 1.165) is 11.3 Å². The van der Waals surface area contributed by atoms with Gasteiger partial charge < -0.3 is 4.42 Å². The Hall–Kier alpha value is -1.50. The van der Waals surface area contributed by atoms with Crippen LogP contribution < -0.4 is 0 Å². The second-order valence-corrected chi connectivity index (χ2v) is 4.72. The molecule has 0 aliphatic rings. The molecule has 2 aromatic rings. The van der Waals surface area contributed by atoms with E-state index < -0.39 is 0 Å². The van der Waals surface area contributed by atoms with Crippen molar-refractivity contribution >= 4 is 0 Å². The Kier molecular flexibility index (Phi) is 2.39. The predicted molar refractivity (Wildman–Crippen MR) is 61.7 cm³/mol. The Balaban J connectivity index is 2.44. The van der Waals surface area contributed by atoms with Gasteiger partial charge in [-0.2, -0.15) is 0 Å². The first kappa shape index (κ1) is 10.0. The van der Waals surface area contributed by atoms with Crippen molar-refractivity contribution in [3.63, 3.8) is 0 Å². The van der Waals surface area contributed by atoms with Gasteiger partial charge in [0.1, 0.15) is 5.76 Å². The minimum Gasteiger partial charge on any atom is -0.464 e. The highest BCUT2D eigenvalue weighted by Gasteiger charge is 2.14. The first-order valence-corrected chi connectivity index (χ1v) is 5.13. The lowest BCUT2D eigenvalue weighted by Gasteiger charge is -2.19. The summed E-state index contributed by atoms with van der Waals surface area (Å²) in [6, 6.07) is 13.2. The Morgan fingerprint density at radius 3 is 2.60 bits per heavy atom. The van der Waals surface area contributed by atoms with Crippen LogP contribution in [-0.2, 0) is 5.41 Å². The molecule has 1 nitrogen and oxygen atoms in total. The zero-order valence-corrected chi connectivity index (χ0v) is 9.37. The van der Waals surface area contributed by atoms with Crippen molar-refractivity contribution in [3.8, 4) is 11.3 Å². The van der Waals surface area contributed by atoms with E-state index in [-0.39, 0.29) is 5.41 Å². The van der Waals surface area contributed by atoms with Crippen LogP contribution in [0.1, 0.15) is 26.3 Å². The lowest BCUT2D eigenvalue weighted by atomic mass is 9.86. The molecule has 0 aliphatic carbocycles. The second kappa shape index (κ2) is 3.58. The Labute approximate surface area is 90.7 Å². The van der Waals surface area contributed by atoms with Crippen molar-refractivity contribution in [1.29, 1.82) is 0 Å². The third-order valence-electron chi connectivity index (χ3n) is 2.45. The molecule has 15 heavy (non-hydrogen) atoms. The molecule has 0 amide bonds. The molecule has 0 N–H and O–H groups in total. The maximum atomic E-state index is 5.36. The van der Waals surface area contributed by atoms with Gasteiger partial charge in [-0.3, -0.25) is 0 Å². The summed E-state index contributed by atoms with van der Waals surface area (Å²) in [5.74, 6) is 0.876. The van der Waals surface area contributed by atoms with E-state index in [1.54, 1.807) is 6.26 Å². The first-order valence-electron chi connectivity index (χ1n) is 5.13. The summed E-state index contributed by atoms with van der Waals surface area (Å²) >= 11 is 0. The summed E-state index contributed by atoms with van der Waals surface area (Å²) in [6.45, 7) is 6.61. The molecular formula is C14H15O. The summed E-state index contributed by atoms with van der Waals surface area (Å²) in [5.41, 5.74) is 2.48. The third kappa shape index (κ3) is 2.12. The predicted octanol–water partition coefficient (Wildman–Crippen LogP) is 4.04. The second-order valence-electron chi connectivity index (χ2n) is 4.72. The zero-order valence-electron chi connectivity index (χ0n) is 9.37. The molecular weight excluding hydrogens is 184 g/mol. The molecule has 1 aromatic carbocycles. The van der Waals surface area contributed by atoms with Crippen LogP contribution in [0, 0.1) is 6.07 Å². The van der Waals surface area contributed by atoms with Crippen LogP contribution in [0.3, 0.4) is 0 Å². The molecule has 1 radical (unpaired) electrons. The minimum atomic E-state index is 0.163. The van der Waals surface area contributed by atoms with Crippen LogP contribution in [0.25, 0.3) is 11.3 Å². The molecule has 1 heteroatoms. The SMILES string of the molecule is CC(C)(C)c1cc[c]c(-c2ccco2)c1. The first-order chi connectivity index (χ1) is 7.07. The average Bonchev–Trinajstić information content (AvgIpc) is 2.69. The molecule has 0 aliphatic heterocycles. The Bertz CT molecular complexity index is 433. The van der Waals surface area contributed by atoms with Gasteiger partial charge in [0, 0.05) is 5.56 Å². The molecule has 1 aromatic heterocycles. The molecule has 0 saturated carbocycles. The summed E-state index contributed by atoms with van der Waals surface area (Å²) in [4.78, 5) is 0. The largest absolute Gasteiger partial charge is 0.464 e. The average molecular weight is 199 g/mol. The molecule has 0 fully saturated rings. The fourth-order valence-corrected chi connectivity index (χ4v) is 1.51. The number of hydrogen-bond donors (Lipinski definition) is 0. The van der Waals surface area contributed by atoms with Gasteiger partial charge >= 0.3 is 0 Å². The van der Waals surface area contributed by atoms with Crippen molar-refractivity contribution in [1.82, 2.24) is 0 Å². The molecule has 2 rings (SSSR count). The van der Waals surface area contributed by atoms with Gasteiger partial charge in [-0.05, 0) is 35.2 Å². The quantitative estimate of drug-likeness (QED) is 0.675. The van der Waals surface area contributed by atoms with Crippen LogP contribution in [0.15, 0.2) is 41.0 Å². The number of furan rings is 1. The van der Waals surface area contributed by atoms with E-state index in [0.29, 0.717) is 0 Å². The van der Waals surface area contributed by atoms with E-state index >= 15 is 0 Å². The monoisotopic (exact) mass is 199 g/mol. The fourth-order valence-electron chi connectivity index (χ4n) is 1.51. The van der Waals surface area contributed by atoms with E-state index in [4.69, 9.17) is 4.42 Å². The summed E-state index contributed by atoms with van der Waals surface area (Å²) in [7, 11) is 0. The highest BCUT2D eigenvalue weighted by atomic mass is 16.3. The maximum absolute atomic E-state index is 5.36. The van der Waals surface area contributed by atoms with Crippen molar-refractivity contribution in [2.45, 2.75) is 26.2 Å². The molecule has 0 saturated heterocycles. The van der Waals surface area contributed by atoms with E-state index in [9.17, 15) is 0 Å². The van der Waals surface area contributed by atoms with Gasteiger partial charge in [-0.15, -0.1) is 0 Å². The van der Waals surface area contributed by atoms with E-state index in [1.807, 2.05) is 18.2 Å². The molecule has 0 unspecified atom stereocenters. The van der Waals surface area contributed by atoms with Crippen molar-refractivity contribution in [2.75, 3.05) is 0 Å². The molecule has 0 atom stereocenters. The van der Waals surface area contributed by atoms with Gasteiger partial charge in [-0.1, -0.05) is 32.9 Å². The van der Waals surface area contributed by atoms with Crippen molar-refractivity contribution in [3.05, 3.63) is 48.2 Å². The number of hydrogen-bond acceptors (Lipinski definition) is 1.